The molecule has 0 spiro atoms. The van der Waals surface area contributed by atoms with Crippen LogP contribution in [-0.4, -0.2) is 11.1 Å². The zero-order valence-corrected chi connectivity index (χ0v) is 10.6. The number of nitrogens with zero attached hydrogens (tertiary/aromatic N) is 1. The van der Waals surface area contributed by atoms with Gasteiger partial charge < -0.3 is 10.3 Å². The minimum absolute atomic E-state index is 0.0789. The number of aromatic nitrogens is 1. The second-order valence-corrected chi connectivity index (χ2v) is 4.38. The van der Waals surface area contributed by atoms with E-state index in [1.807, 2.05) is 54.6 Å². The van der Waals surface area contributed by atoms with Crippen LogP contribution in [0.3, 0.4) is 0 Å². The summed E-state index contributed by atoms with van der Waals surface area (Å²) in [5.74, 6) is -0.544. The number of primary amides is 1. The first-order valence-corrected chi connectivity index (χ1v) is 6.16. The van der Waals surface area contributed by atoms with Crippen LogP contribution < -0.4 is 5.73 Å². The predicted molar refractivity (Wildman–Crippen MR) is 75.9 cm³/mol. The Balaban J connectivity index is 2.08. The second-order valence-electron chi connectivity index (χ2n) is 4.38. The monoisotopic (exact) mass is 264 g/mol. The highest BCUT2D eigenvalue weighted by atomic mass is 16.5. The first-order valence-electron chi connectivity index (χ1n) is 6.16. The molecule has 0 saturated carbocycles. The summed E-state index contributed by atoms with van der Waals surface area (Å²) in [7, 11) is 0. The highest BCUT2D eigenvalue weighted by Crippen LogP contribution is 2.28. The van der Waals surface area contributed by atoms with Gasteiger partial charge in [-0.05, 0) is 22.8 Å². The average Bonchev–Trinajstić information content (AvgIpc) is 2.98. The summed E-state index contributed by atoms with van der Waals surface area (Å²) in [5.41, 5.74) is 8.89. The highest BCUT2D eigenvalue weighted by molar-refractivity contribution is 5.97. The summed E-state index contributed by atoms with van der Waals surface area (Å²) in [6, 6.07) is 17.8. The molecule has 1 aromatic heterocycles. The molecule has 0 radical (unpaired) electrons. The summed E-state index contributed by atoms with van der Waals surface area (Å²) in [5, 5.41) is 3.65. The van der Waals surface area contributed by atoms with E-state index in [1.54, 1.807) is 0 Å². The maximum Gasteiger partial charge on any atom is 0.287 e. The fraction of sp³-hybridized carbons (Fsp3) is 0. The molecule has 4 nitrogen and oxygen atoms in total. The average molecular weight is 264 g/mol. The van der Waals surface area contributed by atoms with Crippen LogP contribution in [0.15, 0.2) is 65.3 Å². The van der Waals surface area contributed by atoms with Crippen LogP contribution in [0.5, 0.6) is 0 Å². The van der Waals surface area contributed by atoms with Crippen molar-refractivity contribution >= 4 is 5.91 Å². The summed E-state index contributed by atoms with van der Waals surface area (Å²) in [6.07, 6.45) is 1.50. The van der Waals surface area contributed by atoms with Crippen molar-refractivity contribution in [3.63, 3.8) is 0 Å². The predicted octanol–water partition coefficient (Wildman–Crippen LogP) is 3.11. The third-order valence-corrected chi connectivity index (χ3v) is 3.07. The minimum atomic E-state index is -0.623. The molecule has 1 heterocycles. The standard InChI is InChI=1S/C16H12N2O2/c17-16(19)15-14(10-18-20-15)13-8-4-7-12(9-13)11-5-2-1-3-6-11/h1-10H,(H2,17,19). The van der Waals surface area contributed by atoms with E-state index in [0.717, 1.165) is 16.7 Å². The van der Waals surface area contributed by atoms with Crippen LogP contribution in [0, 0.1) is 0 Å². The van der Waals surface area contributed by atoms with Crippen molar-refractivity contribution in [1.29, 1.82) is 0 Å². The molecule has 20 heavy (non-hydrogen) atoms. The van der Waals surface area contributed by atoms with Crippen molar-refractivity contribution in [2.75, 3.05) is 0 Å². The molecule has 0 aliphatic rings. The van der Waals surface area contributed by atoms with E-state index < -0.39 is 5.91 Å². The molecule has 0 unspecified atom stereocenters. The van der Waals surface area contributed by atoms with Crippen molar-refractivity contribution in [2.45, 2.75) is 0 Å². The van der Waals surface area contributed by atoms with E-state index in [4.69, 9.17) is 10.3 Å². The van der Waals surface area contributed by atoms with Crippen molar-refractivity contribution in [3.05, 3.63) is 66.6 Å². The van der Waals surface area contributed by atoms with Gasteiger partial charge in [0.05, 0.1) is 11.8 Å². The van der Waals surface area contributed by atoms with E-state index in [2.05, 4.69) is 5.16 Å². The van der Waals surface area contributed by atoms with Crippen molar-refractivity contribution in [3.8, 4) is 22.3 Å². The van der Waals surface area contributed by atoms with E-state index >= 15 is 0 Å². The summed E-state index contributed by atoms with van der Waals surface area (Å²) < 4.78 is 4.90. The van der Waals surface area contributed by atoms with Gasteiger partial charge in [0.25, 0.3) is 5.91 Å². The number of hydrogen-bond donors (Lipinski definition) is 1. The first-order chi connectivity index (χ1) is 9.75. The maximum absolute atomic E-state index is 11.3. The largest absolute Gasteiger partial charge is 0.363 e. The van der Waals surface area contributed by atoms with Crippen LogP contribution >= 0.6 is 0 Å². The molecule has 0 aliphatic heterocycles. The lowest BCUT2D eigenvalue weighted by Crippen LogP contribution is -2.10. The van der Waals surface area contributed by atoms with Crippen LogP contribution in [0.1, 0.15) is 10.6 Å². The Morgan fingerprint density at radius 2 is 1.65 bits per heavy atom. The summed E-state index contributed by atoms with van der Waals surface area (Å²) in [6.45, 7) is 0. The van der Waals surface area contributed by atoms with Gasteiger partial charge in [-0.25, -0.2) is 0 Å². The number of amides is 1. The van der Waals surface area contributed by atoms with Crippen LogP contribution in [0.4, 0.5) is 0 Å². The first kappa shape index (κ1) is 12.2. The van der Waals surface area contributed by atoms with Gasteiger partial charge in [0.15, 0.2) is 0 Å². The van der Waals surface area contributed by atoms with Gasteiger partial charge in [0.2, 0.25) is 5.76 Å². The van der Waals surface area contributed by atoms with Gasteiger partial charge in [-0.1, -0.05) is 53.7 Å². The highest BCUT2D eigenvalue weighted by Gasteiger charge is 2.15. The lowest BCUT2D eigenvalue weighted by Gasteiger charge is -2.04. The molecule has 0 fully saturated rings. The number of carbonyl (C=O) groups is 1. The molecular weight excluding hydrogens is 252 g/mol. The third-order valence-electron chi connectivity index (χ3n) is 3.07. The van der Waals surface area contributed by atoms with E-state index in [0.29, 0.717) is 5.56 Å². The van der Waals surface area contributed by atoms with Crippen molar-refractivity contribution in [2.24, 2.45) is 5.73 Å². The fourth-order valence-electron chi connectivity index (χ4n) is 2.12. The minimum Gasteiger partial charge on any atom is -0.363 e. The zero-order chi connectivity index (χ0) is 13.9. The molecule has 1 amide bonds. The fourth-order valence-corrected chi connectivity index (χ4v) is 2.12. The molecule has 0 bridgehead atoms. The van der Waals surface area contributed by atoms with Gasteiger partial charge >= 0.3 is 0 Å². The Labute approximate surface area is 115 Å². The van der Waals surface area contributed by atoms with E-state index in [1.165, 1.54) is 6.20 Å². The number of hydrogen-bond acceptors (Lipinski definition) is 3. The molecular formula is C16H12N2O2. The number of nitrogens with two attached hydrogens (primary N) is 1. The van der Waals surface area contributed by atoms with Gasteiger partial charge in [0, 0.05) is 0 Å². The van der Waals surface area contributed by atoms with Crippen molar-refractivity contribution < 1.29 is 9.32 Å². The SMILES string of the molecule is NC(=O)c1oncc1-c1cccc(-c2ccccc2)c1. The lowest BCUT2D eigenvalue weighted by atomic mass is 9.99. The van der Waals surface area contributed by atoms with Gasteiger partial charge in [0.1, 0.15) is 0 Å². The molecule has 3 rings (SSSR count). The molecule has 0 saturated heterocycles. The molecule has 4 heteroatoms. The Morgan fingerprint density at radius 3 is 2.40 bits per heavy atom. The Kier molecular flexibility index (Phi) is 3.05. The lowest BCUT2D eigenvalue weighted by molar-refractivity contribution is 0.0966. The number of carbonyl (C=O) groups excluding carboxylic acids is 1. The normalized spacial score (nSPS) is 10.4. The molecule has 98 valence electrons. The Morgan fingerprint density at radius 1 is 0.950 bits per heavy atom. The van der Waals surface area contributed by atoms with Gasteiger partial charge in [-0.2, -0.15) is 0 Å². The third kappa shape index (κ3) is 2.19. The Bertz CT molecular complexity index is 748. The van der Waals surface area contributed by atoms with Crippen molar-refractivity contribution in [1.82, 2.24) is 5.16 Å². The maximum atomic E-state index is 11.3. The smallest absolute Gasteiger partial charge is 0.287 e. The van der Waals surface area contributed by atoms with Gasteiger partial charge in [-0.3, -0.25) is 4.79 Å². The van der Waals surface area contributed by atoms with Crippen LogP contribution in [0.2, 0.25) is 0 Å². The zero-order valence-electron chi connectivity index (χ0n) is 10.6. The second kappa shape index (κ2) is 5.01. The molecule has 0 aliphatic carbocycles. The van der Waals surface area contributed by atoms with Crippen LogP contribution in [-0.2, 0) is 0 Å². The quantitative estimate of drug-likeness (QED) is 0.790. The molecule has 3 aromatic rings. The number of benzene rings is 2. The molecule has 2 N–H and O–H groups in total. The van der Waals surface area contributed by atoms with Crippen LogP contribution in [0.25, 0.3) is 22.3 Å². The summed E-state index contributed by atoms with van der Waals surface area (Å²) >= 11 is 0. The van der Waals surface area contributed by atoms with E-state index in [-0.39, 0.29) is 5.76 Å². The number of rotatable bonds is 3. The van der Waals surface area contributed by atoms with E-state index in [9.17, 15) is 4.79 Å². The van der Waals surface area contributed by atoms with Gasteiger partial charge in [-0.15, -0.1) is 0 Å². The summed E-state index contributed by atoms with van der Waals surface area (Å²) in [4.78, 5) is 11.3. The topological polar surface area (TPSA) is 69.1 Å². The Hall–Kier alpha value is -2.88. The molecule has 0 atom stereocenters. The molecule has 2 aromatic carbocycles.